The SMILES string of the molecule is Clc1ccc(NC2CCN(c3ncnc4[nH]nc(Br)c34)CC2)cc1. The molecule has 24 heavy (non-hydrogen) atoms. The Bertz CT molecular complexity index is 841. The number of nitrogens with zero attached hydrogens (tertiary/aromatic N) is 4. The summed E-state index contributed by atoms with van der Waals surface area (Å²) in [5.41, 5.74) is 1.87. The van der Waals surface area contributed by atoms with Crippen LogP contribution in [0.1, 0.15) is 12.8 Å². The van der Waals surface area contributed by atoms with Gasteiger partial charge in [0.05, 0.1) is 5.39 Å². The van der Waals surface area contributed by atoms with Gasteiger partial charge >= 0.3 is 0 Å². The summed E-state index contributed by atoms with van der Waals surface area (Å²) in [5.74, 6) is 0.936. The lowest BCUT2D eigenvalue weighted by atomic mass is 10.0. The van der Waals surface area contributed by atoms with E-state index in [1.54, 1.807) is 6.33 Å². The second kappa shape index (κ2) is 6.57. The minimum Gasteiger partial charge on any atom is -0.382 e. The van der Waals surface area contributed by atoms with Gasteiger partial charge in [0.15, 0.2) is 5.65 Å². The molecule has 0 aliphatic carbocycles. The first-order chi connectivity index (χ1) is 11.7. The highest BCUT2D eigenvalue weighted by atomic mass is 79.9. The lowest BCUT2D eigenvalue weighted by Crippen LogP contribution is -2.39. The summed E-state index contributed by atoms with van der Waals surface area (Å²) in [4.78, 5) is 11.0. The Morgan fingerprint density at radius 3 is 2.67 bits per heavy atom. The number of anilines is 2. The third-order valence-electron chi connectivity index (χ3n) is 4.30. The molecule has 0 saturated carbocycles. The molecule has 3 heterocycles. The summed E-state index contributed by atoms with van der Waals surface area (Å²) in [6.45, 7) is 1.88. The van der Waals surface area contributed by atoms with Crippen LogP contribution in [-0.2, 0) is 0 Å². The Balaban J connectivity index is 1.45. The zero-order valence-corrected chi connectivity index (χ0v) is 15.2. The van der Waals surface area contributed by atoms with E-state index in [9.17, 15) is 0 Å². The molecular formula is C16H16BrClN6. The number of hydrogen-bond donors (Lipinski definition) is 2. The van der Waals surface area contributed by atoms with Crippen LogP contribution in [0.5, 0.6) is 0 Å². The molecule has 2 N–H and O–H groups in total. The van der Waals surface area contributed by atoms with E-state index in [1.165, 1.54) is 0 Å². The van der Waals surface area contributed by atoms with E-state index in [-0.39, 0.29) is 0 Å². The van der Waals surface area contributed by atoms with Crippen LogP contribution in [0.4, 0.5) is 11.5 Å². The number of nitrogens with one attached hydrogen (secondary N) is 2. The smallest absolute Gasteiger partial charge is 0.161 e. The molecule has 1 saturated heterocycles. The van der Waals surface area contributed by atoms with Crippen molar-refractivity contribution in [1.82, 2.24) is 20.2 Å². The van der Waals surface area contributed by atoms with Crippen molar-refractivity contribution in [2.45, 2.75) is 18.9 Å². The molecule has 0 atom stereocenters. The summed E-state index contributed by atoms with van der Waals surface area (Å²) in [6, 6.07) is 8.31. The Labute approximate surface area is 152 Å². The molecule has 0 amide bonds. The molecule has 1 aromatic carbocycles. The fraction of sp³-hybridized carbons (Fsp3) is 0.312. The molecule has 4 rings (SSSR count). The van der Waals surface area contributed by atoms with Crippen molar-refractivity contribution < 1.29 is 0 Å². The van der Waals surface area contributed by atoms with Gasteiger partial charge in [-0.15, -0.1) is 0 Å². The van der Waals surface area contributed by atoms with Gasteiger partial charge in [-0.1, -0.05) is 11.6 Å². The van der Waals surface area contributed by atoms with Crippen LogP contribution in [0.25, 0.3) is 11.0 Å². The Morgan fingerprint density at radius 1 is 1.17 bits per heavy atom. The first-order valence-corrected chi connectivity index (χ1v) is 8.99. The van der Waals surface area contributed by atoms with Gasteiger partial charge in [0, 0.05) is 29.8 Å². The van der Waals surface area contributed by atoms with Gasteiger partial charge in [-0.3, -0.25) is 5.10 Å². The van der Waals surface area contributed by atoms with Crippen molar-refractivity contribution in [2.75, 3.05) is 23.3 Å². The molecular weight excluding hydrogens is 392 g/mol. The minimum atomic E-state index is 0.451. The van der Waals surface area contributed by atoms with E-state index in [4.69, 9.17) is 11.6 Å². The van der Waals surface area contributed by atoms with Crippen molar-refractivity contribution in [3.63, 3.8) is 0 Å². The number of aromatic amines is 1. The summed E-state index contributed by atoms with van der Waals surface area (Å²) in [6.07, 6.45) is 3.67. The maximum Gasteiger partial charge on any atom is 0.161 e. The second-order valence-electron chi connectivity index (χ2n) is 5.85. The van der Waals surface area contributed by atoms with E-state index in [2.05, 4.69) is 46.3 Å². The average Bonchev–Trinajstić information content (AvgIpc) is 2.99. The van der Waals surface area contributed by atoms with Gasteiger partial charge in [0.25, 0.3) is 0 Å². The fourth-order valence-corrected chi connectivity index (χ4v) is 3.65. The predicted molar refractivity (Wildman–Crippen MR) is 99.7 cm³/mol. The third kappa shape index (κ3) is 3.06. The number of H-pyrrole nitrogens is 1. The molecule has 0 radical (unpaired) electrons. The molecule has 1 aliphatic heterocycles. The maximum atomic E-state index is 5.93. The molecule has 8 heteroatoms. The highest BCUT2D eigenvalue weighted by Crippen LogP contribution is 2.30. The topological polar surface area (TPSA) is 69.7 Å². The van der Waals surface area contributed by atoms with Gasteiger partial charge in [-0.25, -0.2) is 9.97 Å². The molecule has 0 bridgehead atoms. The first-order valence-electron chi connectivity index (χ1n) is 7.82. The van der Waals surface area contributed by atoms with Gasteiger partial charge in [-0.2, -0.15) is 5.10 Å². The van der Waals surface area contributed by atoms with Crippen LogP contribution >= 0.6 is 27.5 Å². The van der Waals surface area contributed by atoms with Crippen molar-refractivity contribution in [3.05, 3.63) is 40.2 Å². The molecule has 0 spiro atoms. The van der Waals surface area contributed by atoms with Gasteiger partial charge in [0.2, 0.25) is 0 Å². The molecule has 1 fully saturated rings. The standard InChI is InChI=1S/C16H16BrClN6/c17-14-13-15(23-22-14)19-9-20-16(13)24-7-5-12(6-8-24)21-11-3-1-10(18)2-4-11/h1-4,9,12,21H,5-8H2,(H,19,20,22,23). The van der Waals surface area contributed by atoms with Gasteiger partial charge in [0.1, 0.15) is 16.7 Å². The predicted octanol–water partition coefficient (Wildman–Crippen LogP) is 3.85. The number of hydrogen-bond acceptors (Lipinski definition) is 5. The Morgan fingerprint density at radius 2 is 1.92 bits per heavy atom. The monoisotopic (exact) mass is 406 g/mol. The van der Waals surface area contributed by atoms with Crippen molar-refractivity contribution in [2.24, 2.45) is 0 Å². The number of benzene rings is 1. The summed E-state index contributed by atoms with van der Waals surface area (Å²) in [5, 5.41) is 12.4. The zero-order valence-electron chi connectivity index (χ0n) is 12.8. The van der Waals surface area contributed by atoms with E-state index >= 15 is 0 Å². The van der Waals surface area contributed by atoms with Crippen LogP contribution in [0.15, 0.2) is 35.2 Å². The number of aromatic nitrogens is 4. The van der Waals surface area contributed by atoms with Crippen LogP contribution in [0, 0.1) is 0 Å². The summed E-state index contributed by atoms with van der Waals surface area (Å²) < 4.78 is 0.759. The lowest BCUT2D eigenvalue weighted by molar-refractivity contribution is 0.524. The normalized spacial score (nSPS) is 15.8. The van der Waals surface area contributed by atoms with E-state index < -0.39 is 0 Å². The Kier molecular flexibility index (Phi) is 4.28. The van der Waals surface area contributed by atoms with Crippen molar-refractivity contribution >= 4 is 50.1 Å². The number of rotatable bonds is 3. The third-order valence-corrected chi connectivity index (χ3v) is 5.13. The fourth-order valence-electron chi connectivity index (χ4n) is 3.07. The van der Waals surface area contributed by atoms with Crippen molar-refractivity contribution in [1.29, 1.82) is 0 Å². The van der Waals surface area contributed by atoms with Crippen molar-refractivity contribution in [3.8, 4) is 0 Å². The summed E-state index contributed by atoms with van der Waals surface area (Å²) in [7, 11) is 0. The van der Waals surface area contributed by atoms with Gasteiger partial charge in [-0.05, 0) is 53.0 Å². The van der Waals surface area contributed by atoms with E-state index in [1.807, 2.05) is 24.3 Å². The van der Waals surface area contributed by atoms with Crippen LogP contribution in [-0.4, -0.2) is 39.3 Å². The number of halogens is 2. The van der Waals surface area contributed by atoms with Crippen LogP contribution in [0.2, 0.25) is 5.02 Å². The quantitative estimate of drug-likeness (QED) is 0.690. The largest absolute Gasteiger partial charge is 0.382 e. The zero-order chi connectivity index (χ0) is 16.5. The molecule has 3 aromatic rings. The lowest BCUT2D eigenvalue weighted by Gasteiger charge is -2.33. The number of piperidine rings is 1. The first kappa shape index (κ1) is 15.7. The average molecular weight is 408 g/mol. The maximum absolute atomic E-state index is 5.93. The number of fused-ring (bicyclic) bond motifs is 1. The van der Waals surface area contributed by atoms with E-state index in [0.717, 1.165) is 58.1 Å². The highest BCUT2D eigenvalue weighted by molar-refractivity contribution is 9.10. The molecule has 2 aromatic heterocycles. The molecule has 124 valence electrons. The molecule has 6 nitrogen and oxygen atoms in total. The molecule has 1 aliphatic rings. The molecule has 0 unspecified atom stereocenters. The van der Waals surface area contributed by atoms with E-state index in [0.29, 0.717) is 6.04 Å². The second-order valence-corrected chi connectivity index (χ2v) is 7.04. The Hall–Kier alpha value is -1.86. The van der Waals surface area contributed by atoms with Gasteiger partial charge < -0.3 is 10.2 Å². The van der Waals surface area contributed by atoms with Crippen LogP contribution < -0.4 is 10.2 Å². The highest BCUT2D eigenvalue weighted by Gasteiger charge is 2.23. The van der Waals surface area contributed by atoms with Crippen LogP contribution in [0.3, 0.4) is 0 Å². The minimum absolute atomic E-state index is 0.451. The summed E-state index contributed by atoms with van der Waals surface area (Å²) >= 11 is 9.41.